The van der Waals surface area contributed by atoms with E-state index in [1.54, 1.807) is 29.2 Å². The van der Waals surface area contributed by atoms with Gasteiger partial charge in [-0.2, -0.15) is 0 Å². The molecule has 0 aliphatic heterocycles. The normalized spacial score (nSPS) is 10.2. The number of carbonyl (C=O) groups excluding carboxylic acids is 1. The molecule has 2 rings (SSSR count). The van der Waals surface area contributed by atoms with E-state index in [9.17, 15) is 14.9 Å². The second-order valence-corrected chi connectivity index (χ2v) is 4.86. The third-order valence-electron chi connectivity index (χ3n) is 3.41. The molecule has 120 valence electrons. The minimum Gasteiger partial charge on any atom is -0.457 e. The first-order valence-electron chi connectivity index (χ1n) is 7.36. The van der Waals surface area contributed by atoms with Gasteiger partial charge in [0.15, 0.2) is 0 Å². The van der Waals surface area contributed by atoms with E-state index in [4.69, 9.17) is 4.74 Å². The van der Waals surface area contributed by atoms with Crippen LogP contribution in [0.15, 0.2) is 48.5 Å². The lowest BCUT2D eigenvalue weighted by Gasteiger charge is -2.18. The van der Waals surface area contributed by atoms with Crippen LogP contribution in [0.2, 0.25) is 0 Å². The highest BCUT2D eigenvalue weighted by Crippen LogP contribution is 2.24. The third-order valence-corrected chi connectivity index (χ3v) is 3.41. The summed E-state index contributed by atoms with van der Waals surface area (Å²) >= 11 is 0. The van der Waals surface area contributed by atoms with Gasteiger partial charge in [-0.1, -0.05) is 6.07 Å². The highest BCUT2D eigenvalue weighted by atomic mass is 16.6. The van der Waals surface area contributed by atoms with Crippen molar-refractivity contribution in [2.75, 3.05) is 13.1 Å². The van der Waals surface area contributed by atoms with Crippen molar-refractivity contribution in [2.24, 2.45) is 0 Å². The van der Waals surface area contributed by atoms with E-state index in [0.29, 0.717) is 30.2 Å². The molecule has 0 aliphatic rings. The summed E-state index contributed by atoms with van der Waals surface area (Å²) in [6, 6.07) is 12.7. The van der Waals surface area contributed by atoms with Crippen molar-refractivity contribution in [1.82, 2.24) is 4.90 Å². The fraction of sp³-hybridized carbons (Fsp3) is 0.235. The number of nitro benzene ring substituents is 1. The van der Waals surface area contributed by atoms with Crippen LogP contribution < -0.4 is 4.74 Å². The van der Waals surface area contributed by atoms with Crippen LogP contribution in [0.4, 0.5) is 5.69 Å². The summed E-state index contributed by atoms with van der Waals surface area (Å²) in [6.07, 6.45) is 0. The minimum absolute atomic E-state index is 0.00260. The minimum atomic E-state index is -0.465. The summed E-state index contributed by atoms with van der Waals surface area (Å²) in [4.78, 5) is 24.2. The molecule has 6 heteroatoms. The molecule has 0 atom stereocenters. The van der Waals surface area contributed by atoms with Gasteiger partial charge in [0.1, 0.15) is 11.5 Å². The Labute approximate surface area is 134 Å². The highest BCUT2D eigenvalue weighted by molar-refractivity contribution is 5.94. The largest absolute Gasteiger partial charge is 0.457 e. The van der Waals surface area contributed by atoms with Gasteiger partial charge in [-0.15, -0.1) is 0 Å². The molecule has 0 spiro atoms. The van der Waals surface area contributed by atoms with Gasteiger partial charge in [-0.25, -0.2) is 0 Å². The zero-order valence-electron chi connectivity index (χ0n) is 13.1. The lowest BCUT2D eigenvalue weighted by molar-refractivity contribution is -0.384. The number of nitro groups is 1. The number of hydrogen-bond acceptors (Lipinski definition) is 4. The predicted octanol–water partition coefficient (Wildman–Crippen LogP) is 3.87. The molecule has 0 heterocycles. The van der Waals surface area contributed by atoms with Gasteiger partial charge in [0.25, 0.3) is 11.6 Å². The van der Waals surface area contributed by atoms with Crippen molar-refractivity contribution in [3.63, 3.8) is 0 Å². The van der Waals surface area contributed by atoms with Gasteiger partial charge in [0.2, 0.25) is 0 Å². The molecular formula is C17H18N2O4. The average Bonchev–Trinajstić information content (AvgIpc) is 2.56. The van der Waals surface area contributed by atoms with Crippen LogP contribution in [0.25, 0.3) is 0 Å². The molecule has 0 unspecified atom stereocenters. The maximum absolute atomic E-state index is 12.3. The summed E-state index contributed by atoms with van der Waals surface area (Å²) < 4.78 is 5.66. The molecule has 2 aromatic rings. The first kappa shape index (κ1) is 16.5. The van der Waals surface area contributed by atoms with Gasteiger partial charge in [0.05, 0.1) is 4.92 Å². The third kappa shape index (κ3) is 4.06. The Kier molecular flexibility index (Phi) is 5.30. The lowest BCUT2D eigenvalue weighted by atomic mass is 10.2. The van der Waals surface area contributed by atoms with Gasteiger partial charge in [-0.3, -0.25) is 14.9 Å². The maximum atomic E-state index is 12.3. The summed E-state index contributed by atoms with van der Waals surface area (Å²) in [5.41, 5.74) is 0.552. The van der Waals surface area contributed by atoms with E-state index in [1.165, 1.54) is 24.3 Å². The van der Waals surface area contributed by atoms with Crippen molar-refractivity contribution in [3.05, 3.63) is 64.2 Å². The Morgan fingerprint density at radius 1 is 1.09 bits per heavy atom. The summed E-state index contributed by atoms with van der Waals surface area (Å²) in [6.45, 7) is 5.14. The Morgan fingerprint density at radius 2 is 1.74 bits per heavy atom. The summed E-state index contributed by atoms with van der Waals surface area (Å²) in [7, 11) is 0. The number of benzene rings is 2. The molecule has 0 bridgehead atoms. The number of ether oxygens (including phenoxy) is 1. The zero-order valence-corrected chi connectivity index (χ0v) is 13.1. The van der Waals surface area contributed by atoms with Gasteiger partial charge >= 0.3 is 0 Å². The molecule has 0 saturated heterocycles. The number of rotatable bonds is 6. The van der Waals surface area contributed by atoms with Crippen LogP contribution in [0.5, 0.6) is 11.5 Å². The Morgan fingerprint density at radius 3 is 2.30 bits per heavy atom. The van der Waals surface area contributed by atoms with E-state index in [1.807, 2.05) is 13.8 Å². The first-order chi connectivity index (χ1) is 11.0. The van der Waals surface area contributed by atoms with Gasteiger partial charge in [-0.05, 0) is 44.2 Å². The molecule has 0 N–H and O–H groups in total. The molecule has 0 aliphatic carbocycles. The number of non-ortho nitro benzene ring substituents is 1. The van der Waals surface area contributed by atoms with E-state index < -0.39 is 4.92 Å². The van der Waals surface area contributed by atoms with Crippen LogP contribution >= 0.6 is 0 Å². The Hall–Kier alpha value is -2.89. The fourth-order valence-electron chi connectivity index (χ4n) is 2.16. The number of nitrogens with zero attached hydrogens (tertiary/aromatic N) is 2. The maximum Gasteiger partial charge on any atom is 0.269 e. The quantitative estimate of drug-likeness (QED) is 0.599. The van der Waals surface area contributed by atoms with E-state index >= 15 is 0 Å². The van der Waals surface area contributed by atoms with Gasteiger partial charge in [0, 0.05) is 30.8 Å². The molecule has 2 aromatic carbocycles. The molecule has 0 aromatic heterocycles. The number of hydrogen-bond donors (Lipinski definition) is 0. The summed E-state index contributed by atoms with van der Waals surface area (Å²) in [5.74, 6) is 0.934. The molecule has 23 heavy (non-hydrogen) atoms. The number of amides is 1. The van der Waals surface area contributed by atoms with Gasteiger partial charge < -0.3 is 9.64 Å². The average molecular weight is 314 g/mol. The molecule has 0 fully saturated rings. The predicted molar refractivity (Wildman–Crippen MR) is 86.9 cm³/mol. The van der Waals surface area contributed by atoms with Crippen molar-refractivity contribution < 1.29 is 14.5 Å². The first-order valence-corrected chi connectivity index (χ1v) is 7.36. The smallest absolute Gasteiger partial charge is 0.269 e. The molecule has 1 amide bonds. The topological polar surface area (TPSA) is 72.7 Å². The van der Waals surface area contributed by atoms with Crippen LogP contribution in [0, 0.1) is 10.1 Å². The van der Waals surface area contributed by atoms with Crippen molar-refractivity contribution in [3.8, 4) is 11.5 Å². The van der Waals surface area contributed by atoms with E-state index in [2.05, 4.69) is 0 Å². The molecule has 6 nitrogen and oxygen atoms in total. The van der Waals surface area contributed by atoms with E-state index in [-0.39, 0.29) is 11.6 Å². The lowest BCUT2D eigenvalue weighted by Crippen LogP contribution is -2.30. The second kappa shape index (κ2) is 7.40. The van der Waals surface area contributed by atoms with Crippen LogP contribution in [-0.4, -0.2) is 28.8 Å². The Bertz CT molecular complexity index is 694. The van der Waals surface area contributed by atoms with E-state index in [0.717, 1.165) is 0 Å². The monoisotopic (exact) mass is 314 g/mol. The second-order valence-electron chi connectivity index (χ2n) is 4.86. The number of carbonyl (C=O) groups is 1. The van der Waals surface area contributed by atoms with Crippen LogP contribution in [0.3, 0.4) is 0 Å². The summed E-state index contributed by atoms with van der Waals surface area (Å²) in [5, 5.41) is 10.6. The van der Waals surface area contributed by atoms with Crippen molar-refractivity contribution in [1.29, 1.82) is 0 Å². The molecule has 0 radical (unpaired) electrons. The zero-order chi connectivity index (χ0) is 16.8. The fourth-order valence-corrected chi connectivity index (χ4v) is 2.16. The SMILES string of the molecule is CCN(CC)C(=O)c1cccc(Oc2ccc([N+](=O)[O-])cc2)c1. The van der Waals surface area contributed by atoms with Crippen molar-refractivity contribution in [2.45, 2.75) is 13.8 Å². The van der Waals surface area contributed by atoms with Crippen molar-refractivity contribution >= 4 is 11.6 Å². The molecular weight excluding hydrogens is 296 g/mol. The molecule has 0 saturated carbocycles. The standard InChI is InChI=1S/C17H18N2O4/c1-3-18(4-2)17(20)13-6-5-7-16(12-13)23-15-10-8-14(9-11-15)19(21)22/h5-12H,3-4H2,1-2H3. The highest BCUT2D eigenvalue weighted by Gasteiger charge is 2.13. The van der Waals surface area contributed by atoms with Crippen LogP contribution in [-0.2, 0) is 0 Å². The van der Waals surface area contributed by atoms with Crippen LogP contribution in [0.1, 0.15) is 24.2 Å². The Balaban J connectivity index is 2.16.